The molecule has 106 valence electrons. The molecule has 18 heavy (non-hydrogen) atoms. The molecule has 1 aliphatic heterocycles. The second-order valence-electron chi connectivity index (χ2n) is 5.51. The van der Waals surface area contributed by atoms with Gasteiger partial charge in [0.25, 0.3) is 0 Å². The van der Waals surface area contributed by atoms with Gasteiger partial charge < -0.3 is 16.0 Å². The van der Waals surface area contributed by atoms with Crippen LogP contribution in [0, 0.1) is 11.3 Å². The van der Waals surface area contributed by atoms with Crippen molar-refractivity contribution in [2.75, 3.05) is 33.2 Å². The summed E-state index contributed by atoms with van der Waals surface area (Å²) >= 11 is 0. The first-order valence-electron chi connectivity index (χ1n) is 7.27. The number of amides is 1. The normalized spacial score (nSPS) is 21.1. The first-order valence-corrected chi connectivity index (χ1v) is 7.27. The van der Waals surface area contributed by atoms with Crippen LogP contribution in [-0.2, 0) is 4.79 Å². The Kier molecular flexibility index (Phi) is 6.09. The Morgan fingerprint density at radius 3 is 2.61 bits per heavy atom. The zero-order valence-electron chi connectivity index (χ0n) is 12.2. The minimum Gasteiger partial charge on any atom is -0.342 e. The van der Waals surface area contributed by atoms with Crippen molar-refractivity contribution in [3.8, 4) is 0 Å². The molecule has 0 saturated carbocycles. The molecule has 0 aliphatic carbocycles. The molecule has 0 bridgehead atoms. The van der Waals surface area contributed by atoms with Crippen LogP contribution in [0.25, 0.3) is 0 Å². The highest BCUT2D eigenvalue weighted by molar-refractivity contribution is 5.83. The molecule has 0 aromatic heterocycles. The summed E-state index contributed by atoms with van der Waals surface area (Å²) in [6.45, 7) is 7.40. The first-order chi connectivity index (χ1) is 8.63. The van der Waals surface area contributed by atoms with Gasteiger partial charge >= 0.3 is 0 Å². The SMILES string of the molecule is CCC(CC)(CN)C(=O)N1CCCC(CNC)C1. The van der Waals surface area contributed by atoms with Crippen LogP contribution in [0.5, 0.6) is 0 Å². The second-order valence-corrected chi connectivity index (χ2v) is 5.51. The van der Waals surface area contributed by atoms with Gasteiger partial charge in [-0.05, 0) is 45.2 Å². The molecule has 1 fully saturated rings. The minimum atomic E-state index is -0.332. The number of hydrogen-bond donors (Lipinski definition) is 2. The van der Waals surface area contributed by atoms with Crippen LogP contribution in [0.15, 0.2) is 0 Å². The fourth-order valence-electron chi connectivity index (χ4n) is 2.97. The van der Waals surface area contributed by atoms with Crippen molar-refractivity contribution in [3.05, 3.63) is 0 Å². The third-order valence-corrected chi connectivity index (χ3v) is 4.50. The van der Waals surface area contributed by atoms with Gasteiger partial charge in [0.2, 0.25) is 5.91 Å². The van der Waals surface area contributed by atoms with E-state index in [0.717, 1.165) is 38.9 Å². The lowest BCUT2D eigenvalue weighted by atomic mass is 9.80. The summed E-state index contributed by atoms with van der Waals surface area (Å²) in [4.78, 5) is 14.7. The van der Waals surface area contributed by atoms with Gasteiger partial charge in [-0.15, -0.1) is 0 Å². The van der Waals surface area contributed by atoms with Crippen LogP contribution in [0.4, 0.5) is 0 Å². The smallest absolute Gasteiger partial charge is 0.230 e. The highest BCUT2D eigenvalue weighted by Gasteiger charge is 2.38. The van der Waals surface area contributed by atoms with Crippen molar-refractivity contribution >= 4 is 5.91 Å². The Morgan fingerprint density at radius 1 is 1.44 bits per heavy atom. The quantitative estimate of drug-likeness (QED) is 0.750. The molecule has 0 aromatic rings. The van der Waals surface area contributed by atoms with E-state index in [1.165, 1.54) is 6.42 Å². The number of nitrogens with two attached hydrogens (primary N) is 1. The van der Waals surface area contributed by atoms with E-state index in [2.05, 4.69) is 19.2 Å². The summed E-state index contributed by atoms with van der Waals surface area (Å²) in [5, 5.41) is 3.21. The number of likely N-dealkylation sites (tertiary alicyclic amines) is 1. The van der Waals surface area contributed by atoms with Crippen LogP contribution in [0.1, 0.15) is 39.5 Å². The predicted molar refractivity (Wildman–Crippen MR) is 75.3 cm³/mol. The molecule has 1 amide bonds. The third kappa shape index (κ3) is 3.23. The van der Waals surface area contributed by atoms with Crippen LogP contribution >= 0.6 is 0 Å². The topological polar surface area (TPSA) is 58.4 Å². The number of piperidine rings is 1. The van der Waals surface area contributed by atoms with Gasteiger partial charge in [-0.2, -0.15) is 0 Å². The Balaban J connectivity index is 2.70. The predicted octanol–water partition coefficient (Wildman–Crippen LogP) is 1.21. The lowest BCUT2D eigenvalue weighted by Gasteiger charge is -2.39. The molecule has 1 heterocycles. The van der Waals surface area contributed by atoms with Crippen molar-refractivity contribution in [3.63, 3.8) is 0 Å². The van der Waals surface area contributed by atoms with Gasteiger partial charge in [0.15, 0.2) is 0 Å². The van der Waals surface area contributed by atoms with Crippen LogP contribution < -0.4 is 11.1 Å². The monoisotopic (exact) mass is 255 g/mol. The van der Waals surface area contributed by atoms with Gasteiger partial charge in [-0.25, -0.2) is 0 Å². The van der Waals surface area contributed by atoms with E-state index in [4.69, 9.17) is 5.73 Å². The maximum absolute atomic E-state index is 12.7. The number of hydrogen-bond acceptors (Lipinski definition) is 3. The van der Waals surface area contributed by atoms with Crippen LogP contribution in [0.2, 0.25) is 0 Å². The summed E-state index contributed by atoms with van der Waals surface area (Å²) in [6, 6.07) is 0. The molecule has 3 N–H and O–H groups in total. The summed E-state index contributed by atoms with van der Waals surface area (Å²) in [5.74, 6) is 0.868. The number of nitrogens with one attached hydrogen (secondary N) is 1. The van der Waals surface area contributed by atoms with E-state index in [-0.39, 0.29) is 11.3 Å². The lowest BCUT2D eigenvalue weighted by Crippen LogP contribution is -2.51. The van der Waals surface area contributed by atoms with E-state index < -0.39 is 0 Å². The van der Waals surface area contributed by atoms with Gasteiger partial charge in [0.05, 0.1) is 5.41 Å². The average molecular weight is 255 g/mol. The fraction of sp³-hybridized carbons (Fsp3) is 0.929. The van der Waals surface area contributed by atoms with E-state index in [0.29, 0.717) is 12.5 Å². The summed E-state index contributed by atoms with van der Waals surface area (Å²) < 4.78 is 0. The molecule has 1 rings (SSSR count). The third-order valence-electron chi connectivity index (χ3n) is 4.50. The van der Waals surface area contributed by atoms with Crippen molar-refractivity contribution in [2.45, 2.75) is 39.5 Å². The maximum Gasteiger partial charge on any atom is 0.230 e. The van der Waals surface area contributed by atoms with E-state index in [1.807, 2.05) is 11.9 Å². The summed E-state index contributed by atoms with van der Waals surface area (Å²) in [7, 11) is 1.98. The van der Waals surface area contributed by atoms with Gasteiger partial charge in [-0.3, -0.25) is 4.79 Å². The standard InChI is InChI=1S/C14H29N3O/c1-4-14(5-2,11-15)13(18)17-8-6-7-12(10-17)9-16-3/h12,16H,4-11,15H2,1-3H3. The number of carbonyl (C=O) groups is 1. The number of rotatable bonds is 6. The molecule has 1 aliphatic rings. The van der Waals surface area contributed by atoms with E-state index in [1.54, 1.807) is 0 Å². The zero-order valence-corrected chi connectivity index (χ0v) is 12.2. The molecular formula is C14H29N3O. The minimum absolute atomic E-state index is 0.274. The molecule has 0 aromatic carbocycles. The summed E-state index contributed by atoms with van der Waals surface area (Å²) in [6.07, 6.45) is 4.02. The highest BCUT2D eigenvalue weighted by Crippen LogP contribution is 2.29. The van der Waals surface area contributed by atoms with Gasteiger partial charge in [0, 0.05) is 19.6 Å². The van der Waals surface area contributed by atoms with E-state index in [9.17, 15) is 4.79 Å². The molecular weight excluding hydrogens is 226 g/mol. The van der Waals surface area contributed by atoms with Crippen molar-refractivity contribution in [1.82, 2.24) is 10.2 Å². The largest absolute Gasteiger partial charge is 0.342 e. The van der Waals surface area contributed by atoms with E-state index >= 15 is 0 Å². The van der Waals surface area contributed by atoms with Crippen molar-refractivity contribution in [2.24, 2.45) is 17.1 Å². The highest BCUT2D eigenvalue weighted by atomic mass is 16.2. The molecule has 0 spiro atoms. The fourth-order valence-corrected chi connectivity index (χ4v) is 2.97. The summed E-state index contributed by atoms with van der Waals surface area (Å²) in [5.41, 5.74) is 5.54. The maximum atomic E-state index is 12.7. The zero-order chi connectivity index (χ0) is 13.6. The molecule has 1 saturated heterocycles. The molecule has 4 nitrogen and oxygen atoms in total. The van der Waals surface area contributed by atoms with Crippen molar-refractivity contribution in [1.29, 1.82) is 0 Å². The van der Waals surface area contributed by atoms with Crippen molar-refractivity contribution < 1.29 is 4.79 Å². The Morgan fingerprint density at radius 2 is 2.11 bits per heavy atom. The molecule has 0 radical (unpaired) electrons. The Bertz CT molecular complexity index is 254. The Labute approximate surface area is 111 Å². The van der Waals surface area contributed by atoms with Gasteiger partial charge in [0.1, 0.15) is 0 Å². The number of nitrogens with zero attached hydrogens (tertiary/aromatic N) is 1. The molecule has 1 atom stereocenters. The second kappa shape index (κ2) is 7.10. The molecule has 4 heteroatoms. The average Bonchev–Trinajstić information content (AvgIpc) is 2.42. The van der Waals surface area contributed by atoms with Gasteiger partial charge in [-0.1, -0.05) is 13.8 Å². The van der Waals surface area contributed by atoms with Crippen LogP contribution in [0.3, 0.4) is 0 Å². The van der Waals surface area contributed by atoms with Crippen LogP contribution in [-0.4, -0.2) is 44.0 Å². The lowest BCUT2D eigenvalue weighted by molar-refractivity contribution is -0.144. The number of carbonyl (C=O) groups excluding carboxylic acids is 1. The Hall–Kier alpha value is -0.610. The molecule has 1 unspecified atom stereocenters. The first kappa shape index (κ1) is 15.4.